The molecule has 5 heteroatoms. The Labute approximate surface area is 127 Å². The number of urea groups is 1. The molecule has 1 aliphatic carbocycles. The van der Waals surface area contributed by atoms with Gasteiger partial charge < -0.3 is 15.7 Å². The molecule has 1 rings (SSSR count). The van der Waals surface area contributed by atoms with Gasteiger partial charge in [-0.25, -0.2) is 4.79 Å². The highest BCUT2D eigenvalue weighted by Gasteiger charge is 2.31. The largest absolute Gasteiger partial charge is 0.481 e. The minimum Gasteiger partial charge on any atom is -0.481 e. The fourth-order valence-corrected chi connectivity index (χ4v) is 3.09. The van der Waals surface area contributed by atoms with Gasteiger partial charge in [-0.15, -0.1) is 0 Å². The molecular weight excluding hydrogens is 268 g/mol. The average molecular weight is 298 g/mol. The van der Waals surface area contributed by atoms with Gasteiger partial charge >= 0.3 is 12.0 Å². The van der Waals surface area contributed by atoms with E-state index in [4.69, 9.17) is 5.11 Å². The van der Waals surface area contributed by atoms with E-state index in [2.05, 4.69) is 24.5 Å². The van der Waals surface area contributed by atoms with E-state index in [1.165, 1.54) is 0 Å². The van der Waals surface area contributed by atoms with Crippen molar-refractivity contribution in [2.75, 3.05) is 0 Å². The van der Waals surface area contributed by atoms with Crippen LogP contribution in [0.3, 0.4) is 0 Å². The van der Waals surface area contributed by atoms with Crippen LogP contribution in [0.1, 0.15) is 60.3 Å². The number of carboxylic acid groups (broad SMARTS) is 1. The van der Waals surface area contributed by atoms with Crippen molar-refractivity contribution in [1.29, 1.82) is 0 Å². The fourth-order valence-electron chi connectivity index (χ4n) is 3.09. The van der Waals surface area contributed by atoms with Crippen LogP contribution in [0.25, 0.3) is 0 Å². The zero-order chi connectivity index (χ0) is 16.2. The maximum Gasteiger partial charge on any atom is 0.315 e. The number of nitrogens with one attached hydrogen (secondary N) is 2. The van der Waals surface area contributed by atoms with Crippen molar-refractivity contribution in [2.24, 2.45) is 17.3 Å². The predicted octanol–water partition coefficient (Wildman–Crippen LogP) is 3.00. The Kier molecular flexibility index (Phi) is 6.05. The molecule has 0 radical (unpaired) electrons. The Hall–Kier alpha value is -1.26. The van der Waals surface area contributed by atoms with Crippen molar-refractivity contribution in [3.05, 3.63) is 0 Å². The second kappa shape index (κ2) is 7.14. The number of carbonyl (C=O) groups is 2. The van der Waals surface area contributed by atoms with E-state index in [1.807, 2.05) is 20.8 Å². The van der Waals surface area contributed by atoms with Crippen molar-refractivity contribution < 1.29 is 14.7 Å². The van der Waals surface area contributed by atoms with E-state index in [1.54, 1.807) is 0 Å². The Morgan fingerprint density at radius 3 is 2.29 bits per heavy atom. The maximum atomic E-state index is 12.1. The molecule has 0 saturated heterocycles. The average Bonchev–Trinajstić information content (AvgIpc) is 2.57. The van der Waals surface area contributed by atoms with Crippen LogP contribution < -0.4 is 10.6 Å². The second-order valence-electron chi connectivity index (χ2n) is 7.70. The molecule has 0 heterocycles. The van der Waals surface area contributed by atoms with E-state index in [-0.39, 0.29) is 30.0 Å². The van der Waals surface area contributed by atoms with E-state index >= 15 is 0 Å². The number of hydrogen-bond donors (Lipinski definition) is 3. The number of aliphatic carboxylic acids is 1. The summed E-state index contributed by atoms with van der Waals surface area (Å²) >= 11 is 0. The zero-order valence-corrected chi connectivity index (χ0v) is 13.9. The van der Waals surface area contributed by atoms with Crippen molar-refractivity contribution in [2.45, 2.75) is 72.4 Å². The van der Waals surface area contributed by atoms with Gasteiger partial charge in [0, 0.05) is 12.1 Å². The lowest BCUT2D eigenvalue weighted by Crippen LogP contribution is -2.48. The summed E-state index contributed by atoms with van der Waals surface area (Å²) in [6.07, 6.45) is 2.73. The summed E-state index contributed by atoms with van der Waals surface area (Å²) in [5.74, 6) is 0.211. The molecule has 0 aromatic carbocycles. The molecule has 0 bridgehead atoms. The highest BCUT2D eigenvalue weighted by atomic mass is 16.4. The first kappa shape index (κ1) is 17.8. The summed E-state index contributed by atoms with van der Waals surface area (Å²) in [7, 11) is 0. The molecular formula is C16H30N2O3. The van der Waals surface area contributed by atoms with E-state index < -0.39 is 5.97 Å². The summed E-state index contributed by atoms with van der Waals surface area (Å²) in [5.41, 5.74) is -0.0252. The summed E-state index contributed by atoms with van der Waals surface area (Å²) in [6, 6.07) is -0.381. The van der Waals surface area contributed by atoms with Crippen molar-refractivity contribution in [3.8, 4) is 0 Å². The van der Waals surface area contributed by atoms with Crippen molar-refractivity contribution in [1.82, 2.24) is 10.6 Å². The van der Waals surface area contributed by atoms with Crippen LogP contribution in [0.15, 0.2) is 0 Å². The summed E-state index contributed by atoms with van der Waals surface area (Å²) in [5, 5.41) is 14.8. The summed E-state index contributed by atoms with van der Waals surface area (Å²) < 4.78 is 0. The fraction of sp³-hybridized carbons (Fsp3) is 0.875. The standard InChI is InChI=1S/C16H30N2O3/c1-10-6-7-13(11(10)2)18-15(21)17-12(8-14(19)20)9-16(3,4)5/h10-13H,6-9H2,1-5H3,(H,19,20)(H2,17,18,21). The molecule has 5 nitrogen and oxygen atoms in total. The van der Waals surface area contributed by atoms with Gasteiger partial charge in [-0.2, -0.15) is 0 Å². The molecule has 2 amide bonds. The highest BCUT2D eigenvalue weighted by Crippen LogP contribution is 2.31. The Bertz CT molecular complexity index is 376. The Balaban J connectivity index is 2.53. The van der Waals surface area contributed by atoms with Crippen LogP contribution in [-0.2, 0) is 4.79 Å². The summed E-state index contributed by atoms with van der Waals surface area (Å²) in [6.45, 7) is 10.5. The third-order valence-electron chi connectivity index (χ3n) is 4.40. The van der Waals surface area contributed by atoms with Crippen LogP contribution in [-0.4, -0.2) is 29.2 Å². The lowest BCUT2D eigenvalue weighted by atomic mass is 9.87. The predicted molar refractivity (Wildman–Crippen MR) is 83.1 cm³/mol. The van der Waals surface area contributed by atoms with Crippen LogP contribution in [0.5, 0.6) is 0 Å². The molecule has 3 N–H and O–H groups in total. The minimum absolute atomic E-state index is 0.0252. The lowest BCUT2D eigenvalue weighted by Gasteiger charge is -2.27. The molecule has 0 aliphatic heterocycles. The first-order valence-corrected chi connectivity index (χ1v) is 7.87. The van der Waals surface area contributed by atoms with Crippen LogP contribution in [0.2, 0.25) is 0 Å². The second-order valence-corrected chi connectivity index (χ2v) is 7.70. The van der Waals surface area contributed by atoms with Crippen molar-refractivity contribution >= 4 is 12.0 Å². The van der Waals surface area contributed by atoms with Gasteiger partial charge in [-0.3, -0.25) is 4.79 Å². The van der Waals surface area contributed by atoms with Crippen LogP contribution in [0, 0.1) is 17.3 Å². The molecule has 122 valence electrons. The first-order valence-electron chi connectivity index (χ1n) is 7.87. The third kappa shape index (κ3) is 6.36. The van der Waals surface area contributed by atoms with Gasteiger partial charge in [0.05, 0.1) is 6.42 Å². The topological polar surface area (TPSA) is 78.4 Å². The smallest absolute Gasteiger partial charge is 0.315 e. The van der Waals surface area contributed by atoms with Crippen LogP contribution in [0.4, 0.5) is 4.79 Å². The van der Waals surface area contributed by atoms with E-state index in [0.29, 0.717) is 18.3 Å². The molecule has 21 heavy (non-hydrogen) atoms. The normalized spacial score (nSPS) is 27.2. The Morgan fingerprint density at radius 1 is 1.24 bits per heavy atom. The quantitative estimate of drug-likeness (QED) is 0.730. The Morgan fingerprint density at radius 2 is 1.86 bits per heavy atom. The zero-order valence-electron chi connectivity index (χ0n) is 13.9. The highest BCUT2D eigenvalue weighted by molar-refractivity contribution is 5.76. The summed E-state index contributed by atoms with van der Waals surface area (Å²) in [4.78, 5) is 23.1. The van der Waals surface area contributed by atoms with Crippen molar-refractivity contribution in [3.63, 3.8) is 0 Å². The lowest BCUT2D eigenvalue weighted by molar-refractivity contribution is -0.137. The van der Waals surface area contributed by atoms with Gasteiger partial charge in [0.1, 0.15) is 0 Å². The van der Waals surface area contributed by atoms with Gasteiger partial charge in [-0.05, 0) is 36.5 Å². The minimum atomic E-state index is -0.882. The van der Waals surface area contributed by atoms with E-state index in [9.17, 15) is 9.59 Å². The van der Waals surface area contributed by atoms with Gasteiger partial charge in [0.25, 0.3) is 0 Å². The SMILES string of the molecule is CC1CCC(NC(=O)NC(CC(=O)O)CC(C)(C)C)C1C. The molecule has 4 atom stereocenters. The number of carbonyl (C=O) groups excluding carboxylic acids is 1. The number of carboxylic acids is 1. The number of hydrogen-bond acceptors (Lipinski definition) is 2. The van der Waals surface area contributed by atoms with Gasteiger partial charge in [-0.1, -0.05) is 34.6 Å². The molecule has 0 aromatic heterocycles. The third-order valence-corrected chi connectivity index (χ3v) is 4.40. The molecule has 4 unspecified atom stereocenters. The molecule has 1 saturated carbocycles. The van der Waals surface area contributed by atoms with Crippen LogP contribution >= 0.6 is 0 Å². The number of rotatable bonds is 5. The van der Waals surface area contributed by atoms with Gasteiger partial charge in [0.15, 0.2) is 0 Å². The van der Waals surface area contributed by atoms with E-state index in [0.717, 1.165) is 12.8 Å². The monoisotopic (exact) mass is 298 g/mol. The van der Waals surface area contributed by atoms with Gasteiger partial charge in [0.2, 0.25) is 0 Å². The maximum absolute atomic E-state index is 12.1. The molecule has 0 aromatic rings. The number of amides is 2. The molecule has 1 fully saturated rings. The molecule has 1 aliphatic rings. The molecule has 0 spiro atoms. The first-order chi connectivity index (χ1) is 9.58.